The van der Waals surface area contributed by atoms with Gasteiger partial charge in [-0.1, -0.05) is 68.4 Å². The molecule has 0 aliphatic carbocycles. The fourth-order valence-corrected chi connectivity index (χ4v) is 3.05. The van der Waals surface area contributed by atoms with Gasteiger partial charge < -0.3 is 0 Å². The highest BCUT2D eigenvalue weighted by molar-refractivity contribution is 5.64. The number of fused-ring (bicyclic) bond motifs is 1. The zero-order chi connectivity index (χ0) is 16.6. The van der Waals surface area contributed by atoms with E-state index in [0.717, 1.165) is 16.9 Å². The molecule has 0 radical (unpaired) electrons. The van der Waals surface area contributed by atoms with Gasteiger partial charge in [-0.3, -0.25) is 0 Å². The fourth-order valence-electron chi connectivity index (χ4n) is 3.05. The maximum Gasteiger partial charge on any atom is 0.155 e. The quantitative estimate of drug-likeness (QED) is 0.548. The Morgan fingerprint density at radius 3 is 2.25 bits per heavy atom. The van der Waals surface area contributed by atoms with Gasteiger partial charge in [0.1, 0.15) is 0 Å². The van der Waals surface area contributed by atoms with E-state index < -0.39 is 0 Å². The SMILES string of the molecule is CC(C)(c1ccccc1)c1ccc(-c2cc3ncccn3n2)cc1. The van der Waals surface area contributed by atoms with Crippen LogP contribution in [0.4, 0.5) is 0 Å². The molecular weight excluding hydrogens is 294 g/mol. The third-order valence-corrected chi connectivity index (χ3v) is 4.63. The van der Waals surface area contributed by atoms with E-state index in [1.165, 1.54) is 11.1 Å². The summed E-state index contributed by atoms with van der Waals surface area (Å²) in [6, 6.07) is 23.2. The molecule has 0 aliphatic rings. The first kappa shape index (κ1) is 14.6. The van der Waals surface area contributed by atoms with Gasteiger partial charge in [0.05, 0.1) is 5.69 Å². The highest BCUT2D eigenvalue weighted by atomic mass is 15.2. The van der Waals surface area contributed by atoms with Crippen LogP contribution in [0.5, 0.6) is 0 Å². The maximum atomic E-state index is 4.59. The molecule has 0 unspecified atom stereocenters. The molecule has 118 valence electrons. The predicted octanol–water partition coefficient (Wildman–Crippen LogP) is 4.72. The Kier molecular flexibility index (Phi) is 3.42. The van der Waals surface area contributed by atoms with Crippen molar-refractivity contribution < 1.29 is 0 Å². The van der Waals surface area contributed by atoms with Gasteiger partial charge in [0.15, 0.2) is 5.65 Å². The van der Waals surface area contributed by atoms with Crippen LogP contribution >= 0.6 is 0 Å². The largest absolute Gasteiger partial charge is 0.237 e. The number of benzene rings is 2. The lowest BCUT2D eigenvalue weighted by molar-refractivity contribution is 0.641. The maximum absolute atomic E-state index is 4.59. The molecule has 0 saturated carbocycles. The molecule has 24 heavy (non-hydrogen) atoms. The molecular formula is C21H19N3. The first-order valence-corrected chi connectivity index (χ1v) is 8.11. The minimum Gasteiger partial charge on any atom is -0.237 e. The molecule has 4 rings (SSSR count). The lowest BCUT2D eigenvalue weighted by Crippen LogP contribution is -2.18. The van der Waals surface area contributed by atoms with Crippen LogP contribution in [0.2, 0.25) is 0 Å². The third kappa shape index (κ3) is 2.48. The van der Waals surface area contributed by atoms with Gasteiger partial charge in [-0.25, -0.2) is 9.50 Å². The van der Waals surface area contributed by atoms with Gasteiger partial charge in [-0.2, -0.15) is 5.10 Å². The molecule has 2 aromatic carbocycles. The zero-order valence-corrected chi connectivity index (χ0v) is 13.8. The second-order valence-electron chi connectivity index (χ2n) is 6.52. The normalized spacial score (nSPS) is 11.8. The van der Waals surface area contributed by atoms with E-state index in [2.05, 4.69) is 78.5 Å². The van der Waals surface area contributed by atoms with E-state index in [4.69, 9.17) is 0 Å². The molecule has 0 fully saturated rings. The van der Waals surface area contributed by atoms with Crippen molar-refractivity contribution in [2.45, 2.75) is 19.3 Å². The van der Waals surface area contributed by atoms with Gasteiger partial charge in [-0.05, 0) is 17.2 Å². The molecule has 0 amide bonds. The van der Waals surface area contributed by atoms with Crippen molar-refractivity contribution in [2.24, 2.45) is 0 Å². The Bertz CT molecular complexity index is 934. The number of hydrogen-bond donors (Lipinski definition) is 0. The molecule has 2 heterocycles. The molecule has 0 saturated heterocycles. The Morgan fingerprint density at radius 1 is 0.833 bits per heavy atom. The summed E-state index contributed by atoms with van der Waals surface area (Å²) in [4.78, 5) is 4.32. The van der Waals surface area contributed by atoms with Crippen molar-refractivity contribution >= 4 is 5.65 Å². The molecule has 0 atom stereocenters. The summed E-state index contributed by atoms with van der Waals surface area (Å²) in [7, 11) is 0. The monoisotopic (exact) mass is 313 g/mol. The van der Waals surface area contributed by atoms with E-state index in [1.807, 2.05) is 18.3 Å². The number of hydrogen-bond acceptors (Lipinski definition) is 2. The standard InChI is InChI=1S/C21H19N3/c1-21(2,17-7-4-3-5-8-17)18-11-9-16(10-12-18)19-15-20-22-13-6-14-24(20)23-19/h3-15H,1-2H3. The average molecular weight is 313 g/mol. The van der Waals surface area contributed by atoms with Crippen LogP contribution in [0.25, 0.3) is 16.9 Å². The second-order valence-corrected chi connectivity index (χ2v) is 6.52. The number of aromatic nitrogens is 3. The summed E-state index contributed by atoms with van der Waals surface area (Å²) in [6.45, 7) is 4.51. The summed E-state index contributed by atoms with van der Waals surface area (Å²) in [5.74, 6) is 0. The Labute approximate surface area is 141 Å². The Hall–Kier alpha value is -2.94. The predicted molar refractivity (Wildman–Crippen MR) is 97.0 cm³/mol. The summed E-state index contributed by atoms with van der Waals surface area (Å²) >= 11 is 0. The van der Waals surface area contributed by atoms with Crippen molar-refractivity contribution in [3.63, 3.8) is 0 Å². The summed E-state index contributed by atoms with van der Waals surface area (Å²) < 4.78 is 1.80. The zero-order valence-electron chi connectivity index (χ0n) is 13.8. The number of nitrogens with zero attached hydrogens (tertiary/aromatic N) is 3. The van der Waals surface area contributed by atoms with Crippen molar-refractivity contribution in [1.82, 2.24) is 14.6 Å². The van der Waals surface area contributed by atoms with Crippen LogP contribution in [0.1, 0.15) is 25.0 Å². The minimum atomic E-state index is -0.0275. The van der Waals surface area contributed by atoms with Crippen molar-refractivity contribution in [3.05, 3.63) is 90.3 Å². The Balaban J connectivity index is 1.70. The molecule has 4 aromatic rings. The van der Waals surface area contributed by atoms with Crippen LogP contribution in [-0.4, -0.2) is 14.6 Å². The van der Waals surface area contributed by atoms with Crippen LogP contribution in [-0.2, 0) is 5.41 Å². The molecule has 3 nitrogen and oxygen atoms in total. The van der Waals surface area contributed by atoms with Crippen molar-refractivity contribution in [3.8, 4) is 11.3 Å². The molecule has 0 N–H and O–H groups in total. The molecule has 2 aromatic heterocycles. The second kappa shape index (κ2) is 5.60. The molecule has 0 spiro atoms. The lowest BCUT2D eigenvalue weighted by Gasteiger charge is -2.26. The summed E-state index contributed by atoms with van der Waals surface area (Å²) in [5.41, 5.74) is 5.49. The van der Waals surface area contributed by atoms with Gasteiger partial charge >= 0.3 is 0 Å². The fraction of sp³-hybridized carbons (Fsp3) is 0.143. The highest BCUT2D eigenvalue weighted by Gasteiger charge is 2.22. The van der Waals surface area contributed by atoms with E-state index >= 15 is 0 Å². The highest BCUT2D eigenvalue weighted by Crippen LogP contribution is 2.32. The van der Waals surface area contributed by atoms with E-state index in [-0.39, 0.29) is 5.41 Å². The minimum absolute atomic E-state index is 0.0275. The lowest BCUT2D eigenvalue weighted by atomic mass is 9.78. The van der Waals surface area contributed by atoms with Crippen LogP contribution in [0.15, 0.2) is 79.1 Å². The van der Waals surface area contributed by atoms with Crippen LogP contribution in [0.3, 0.4) is 0 Å². The van der Waals surface area contributed by atoms with E-state index in [1.54, 1.807) is 10.7 Å². The average Bonchev–Trinajstić information content (AvgIpc) is 3.07. The smallest absolute Gasteiger partial charge is 0.155 e. The molecule has 0 bridgehead atoms. The summed E-state index contributed by atoms with van der Waals surface area (Å²) in [6.07, 6.45) is 3.70. The van der Waals surface area contributed by atoms with Crippen LogP contribution < -0.4 is 0 Å². The molecule has 3 heteroatoms. The third-order valence-electron chi connectivity index (χ3n) is 4.63. The van der Waals surface area contributed by atoms with Gasteiger partial charge in [-0.15, -0.1) is 0 Å². The van der Waals surface area contributed by atoms with E-state index in [9.17, 15) is 0 Å². The van der Waals surface area contributed by atoms with Gasteiger partial charge in [0.25, 0.3) is 0 Å². The van der Waals surface area contributed by atoms with Gasteiger partial charge in [0, 0.05) is 29.4 Å². The number of rotatable bonds is 3. The first-order valence-electron chi connectivity index (χ1n) is 8.11. The topological polar surface area (TPSA) is 30.2 Å². The van der Waals surface area contributed by atoms with Crippen LogP contribution in [0, 0.1) is 0 Å². The van der Waals surface area contributed by atoms with Crippen molar-refractivity contribution in [2.75, 3.05) is 0 Å². The Morgan fingerprint density at radius 2 is 1.54 bits per heavy atom. The van der Waals surface area contributed by atoms with E-state index in [0.29, 0.717) is 0 Å². The van der Waals surface area contributed by atoms with Crippen molar-refractivity contribution in [1.29, 1.82) is 0 Å². The first-order chi connectivity index (χ1) is 11.6. The molecule has 0 aliphatic heterocycles. The summed E-state index contributed by atoms with van der Waals surface area (Å²) in [5, 5.41) is 4.59. The van der Waals surface area contributed by atoms with Gasteiger partial charge in [0.2, 0.25) is 0 Å².